The maximum atomic E-state index is 12.2. The van der Waals surface area contributed by atoms with Crippen molar-refractivity contribution in [3.63, 3.8) is 0 Å². The van der Waals surface area contributed by atoms with Gasteiger partial charge < -0.3 is 19.7 Å². The van der Waals surface area contributed by atoms with Crippen LogP contribution in [-0.4, -0.2) is 55.8 Å². The third kappa shape index (κ3) is 4.45. The molecule has 2 aliphatic heterocycles. The molecule has 3 rings (SSSR count). The number of nitrogens with one attached hydrogen (secondary N) is 1. The topological polar surface area (TPSA) is 50.8 Å². The number of benzene rings is 1. The Bertz CT molecular complexity index is 496. The quantitative estimate of drug-likeness (QED) is 0.779. The van der Waals surface area contributed by atoms with E-state index in [9.17, 15) is 4.79 Å². The molecular weight excluding hydrogens is 292 g/mol. The van der Waals surface area contributed by atoms with Crippen LogP contribution in [0.15, 0.2) is 30.3 Å². The van der Waals surface area contributed by atoms with Crippen LogP contribution in [-0.2, 0) is 9.53 Å². The highest BCUT2D eigenvalue weighted by Gasteiger charge is 2.36. The molecule has 0 aliphatic carbocycles. The van der Waals surface area contributed by atoms with Crippen molar-refractivity contribution in [3.8, 4) is 5.75 Å². The van der Waals surface area contributed by atoms with Crippen molar-refractivity contribution in [2.75, 3.05) is 26.9 Å². The Morgan fingerprint density at radius 1 is 1.17 bits per heavy atom. The monoisotopic (exact) mass is 318 g/mol. The molecule has 2 fully saturated rings. The summed E-state index contributed by atoms with van der Waals surface area (Å²) < 4.78 is 11.0. The number of ether oxygens (including phenoxy) is 2. The van der Waals surface area contributed by atoms with Gasteiger partial charge in [0.25, 0.3) is 0 Å². The summed E-state index contributed by atoms with van der Waals surface area (Å²) in [7, 11) is 1.90. The van der Waals surface area contributed by atoms with E-state index in [1.807, 2.05) is 42.3 Å². The van der Waals surface area contributed by atoms with E-state index < -0.39 is 0 Å². The van der Waals surface area contributed by atoms with Gasteiger partial charge in [-0.25, -0.2) is 0 Å². The number of hydrogen-bond donors (Lipinski definition) is 1. The molecule has 1 aromatic carbocycles. The number of rotatable bonds is 7. The van der Waals surface area contributed by atoms with Gasteiger partial charge in [-0.05, 0) is 37.8 Å². The van der Waals surface area contributed by atoms with Crippen LogP contribution in [0.3, 0.4) is 0 Å². The predicted molar refractivity (Wildman–Crippen MR) is 88.5 cm³/mol. The summed E-state index contributed by atoms with van der Waals surface area (Å²) >= 11 is 0. The lowest BCUT2D eigenvalue weighted by molar-refractivity contribution is -0.137. The second-order valence-electron chi connectivity index (χ2n) is 6.48. The van der Waals surface area contributed by atoms with Gasteiger partial charge in [-0.2, -0.15) is 0 Å². The average molecular weight is 318 g/mol. The lowest BCUT2D eigenvalue weighted by Crippen LogP contribution is -2.49. The van der Waals surface area contributed by atoms with E-state index in [1.54, 1.807) is 0 Å². The van der Waals surface area contributed by atoms with Gasteiger partial charge in [-0.1, -0.05) is 18.2 Å². The Balaban J connectivity index is 1.33. The highest BCUT2D eigenvalue weighted by molar-refractivity contribution is 5.77. The molecule has 0 radical (unpaired) electrons. The normalized spacial score (nSPS) is 26.0. The first-order chi connectivity index (χ1) is 11.2. The van der Waals surface area contributed by atoms with E-state index in [1.165, 1.54) is 12.8 Å². The number of piperidine rings is 1. The third-order valence-corrected chi connectivity index (χ3v) is 4.85. The summed E-state index contributed by atoms with van der Waals surface area (Å²) in [5.74, 6) is 0.890. The van der Waals surface area contributed by atoms with Crippen molar-refractivity contribution in [3.05, 3.63) is 30.3 Å². The van der Waals surface area contributed by atoms with E-state index in [-0.39, 0.29) is 12.5 Å². The molecule has 23 heavy (non-hydrogen) atoms. The largest absolute Gasteiger partial charge is 0.491 e. The second-order valence-corrected chi connectivity index (χ2v) is 6.48. The zero-order valence-electron chi connectivity index (χ0n) is 13.7. The first-order valence-electron chi connectivity index (χ1n) is 8.49. The van der Waals surface area contributed by atoms with Crippen molar-refractivity contribution in [2.24, 2.45) is 0 Å². The van der Waals surface area contributed by atoms with E-state index in [0.717, 1.165) is 18.6 Å². The Morgan fingerprint density at radius 3 is 2.57 bits per heavy atom. The molecule has 5 nitrogen and oxygen atoms in total. The van der Waals surface area contributed by atoms with Gasteiger partial charge in [0, 0.05) is 25.2 Å². The fourth-order valence-electron chi connectivity index (χ4n) is 3.54. The van der Waals surface area contributed by atoms with Crippen LogP contribution >= 0.6 is 0 Å². The zero-order valence-corrected chi connectivity index (χ0v) is 13.7. The zero-order chi connectivity index (χ0) is 16.1. The molecule has 1 amide bonds. The lowest BCUT2D eigenvalue weighted by atomic mass is 9.98. The molecule has 0 aromatic heterocycles. The SMILES string of the molecule is CN(C(=O)COCCOc1ccccc1)C1CC2CCC(C1)N2. The van der Waals surface area contributed by atoms with Crippen LogP contribution in [0, 0.1) is 0 Å². The van der Waals surface area contributed by atoms with Crippen LogP contribution in [0.25, 0.3) is 0 Å². The maximum absolute atomic E-state index is 12.2. The van der Waals surface area contributed by atoms with Crippen LogP contribution < -0.4 is 10.1 Å². The minimum Gasteiger partial charge on any atom is -0.491 e. The van der Waals surface area contributed by atoms with Crippen molar-refractivity contribution in [2.45, 2.75) is 43.8 Å². The number of fused-ring (bicyclic) bond motifs is 2. The first-order valence-corrected chi connectivity index (χ1v) is 8.49. The van der Waals surface area contributed by atoms with Crippen LogP contribution in [0.5, 0.6) is 5.75 Å². The van der Waals surface area contributed by atoms with Gasteiger partial charge >= 0.3 is 0 Å². The standard InChI is InChI=1S/C18H26N2O3/c1-20(16-11-14-7-8-15(12-16)19-14)18(21)13-22-9-10-23-17-5-3-2-4-6-17/h2-6,14-16,19H,7-13H2,1H3. The maximum Gasteiger partial charge on any atom is 0.248 e. The molecule has 0 saturated carbocycles. The Labute approximate surface area is 137 Å². The number of carbonyl (C=O) groups excluding carboxylic acids is 1. The first kappa shape index (κ1) is 16.3. The Hall–Kier alpha value is -1.59. The number of likely N-dealkylation sites (N-methyl/N-ethyl adjacent to an activating group) is 1. The number of nitrogens with zero attached hydrogens (tertiary/aromatic N) is 1. The summed E-state index contributed by atoms with van der Waals surface area (Å²) in [6.07, 6.45) is 4.62. The number of hydrogen-bond acceptors (Lipinski definition) is 4. The molecule has 2 atom stereocenters. The molecule has 2 heterocycles. The number of carbonyl (C=O) groups is 1. The van der Waals surface area contributed by atoms with Crippen molar-refractivity contribution < 1.29 is 14.3 Å². The molecule has 2 saturated heterocycles. The van der Waals surface area contributed by atoms with Gasteiger partial charge in [0.2, 0.25) is 5.91 Å². The van der Waals surface area contributed by atoms with Gasteiger partial charge in [0.15, 0.2) is 0 Å². The molecular formula is C18H26N2O3. The van der Waals surface area contributed by atoms with E-state index in [2.05, 4.69) is 5.32 Å². The highest BCUT2D eigenvalue weighted by Crippen LogP contribution is 2.29. The van der Waals surface area contributed by atoms with Crippen LogP contribution in [0.1, 0.15) is 25.7 Å². The molecule has 126 valence electrons. The van der Waals surface area contributed by atoms with E-state index >= 15 is 0 Å². The number of para-hydroxylation sites is 1. The second kappa shape index (κ2) is 7.79. The third-order valence-electron chi connectivity index (χ3n) is 4.85. The molecule has 5 heteroatoms. The fraction of sp³-hybridized carbons (Fsp3) is 0.611. The van der Waals surface area contributed by atoms with Gasteiger partial charge in [-0.15, -0.1) is 0 Å². The molecule has 1 N–H and O–H groups in total. The van der Waals surface area contributed by atoms with E-state index in [4.69, 9.17) is 9.47 Å². The minimum atomic E-state index is 0.0658. The molecule has 0 spiro atoms. The fourth-order valence-corrected chi connectivity index (χ4v) is 3.54. The van der Waals surface area contributed by atoms with Gasteiger partial charge in [-0.3, -0.25) is 4.79 Å². The number of amides is 1. The van der Waals surface area contributed by atoms with Gasteiger partial charge in [0.05, 0.1) is 6.61 Å². The molecule has 1 aromatic rings. The summed E-state index contributed by atoms with van der Waals surface area (Å²) in [6, 6.07) is 11.2. The molecule has 2 bridgehead atoms. The summed E-state index contributed by atoms with van der Waals surface area (Å²) in [4.78, 5) is 14.1. The summed E-state index contributed by atoms with van der Waals surface area (Å²) in [6.45, 7) is 1.01. The van der Waals surface area contributed by atoms with Crippen molar-refractivity contribution in [1.29, 1.82) is 0 Å². The smallest absolute Gasteiger partial charge is 0.248 e. The van der Waals surface area contributed by atoms with Crippen LogP contribution in [0.2, 0.25) is 0 Å². The van der Waals surface area contributed by atoms with E-state index in [0.29, 0.717) is 31.3 Å². The minimum absolute atomic E-state index is 0.0658. The lowest BCUT2D eigenvalue weighted by Gasteiger charge is -2.35. The average Bonchev–Trinajstić information content (AvgIpc) is 2.92. The highest BCUT2D eigenvalue weighted by atomic mass is 16.5. The van der Waals surface area contributed by atoms with Gasteiger partial charge in [0.1, 0.15) is 19.0 Å². The molecule has 2 aliphatic rings. The van der Waals surface area contributed by atoms with Crippen molar-refractivity contribution >= 4 is 5.91 Å². The Morgan fingerprint density at radius 2 is 1.87 bits per heavy atom. The predicted octanol–water partition coefficient (Wildman–Crippen LogP) is 1.82. The Kier molecular flexibility index (Phi) is 5.51. The summed E-state index contributed by atoms with van der Waals surface area (Å²) in [5, 5.41) is 3.60. The van der Waals surface area contributed by atoms with Crippen molar-refractivity contribution in [1.82, 2.24) is 10.2 Å². The molecule has 2 unspecified atom stereocenters. The van der Waals surface area contributed by atoms with Crippen LogP contribution in [0.4, 0.5) is 0 Å². The summed E-state index contributed by atoms with van der Waals surface area (Å²) in [5.41, 5.74) is 0.